The molecule has 0 spiro atoms. The van der Waals surface area contributed by atoms with Crippen molar-refractivity contribution in [1.82, 2.24) is 10.6 Å². The van der Waals surface area contributed by atoms with Crippen molar-refractivity contribution in [2.24, 2.45) is 35.5 Å². The smallest absolute Gasteiger partial charge is 0.243 e. The number of allylic oxidation sites excluding steroid dienone is 2. The first-order valence-electron chi connectivity index (χ1n) is 12.6. The molecule has 5 fully saturated rings. The highest BCUT2D eigenvalue weighted by molar-refractivity contribution is 5.89. The van der Waals surface area contributed by atoms with E-state index in [1.54, 1.807) is 0 Å². The van der Waals surface area contributed by atoms with Crippen LogP contribution in [0, 0.1) is 35.5 Å². The van der Waals surface area contributed by atoms with Gasteiger partial charge in [-0.1, -0.05) is 11.1 Å². The maximum atomic E-state index is 12.4. The third kappa shape index (κ3) is 5.76. The molecule has 0 bridgehead atoms. The molecule has 5 rings (SSSR count). The molecule has 4 heteroatoms. The molecule has 0 aliphatic heterocycles. The number of amides is 2. The fraction of sp³-hybridized carbons (Fsp3) is 0.769. The minimum Gasteiger partial charge on any atom is -0.352 e. The van der Waals surface area contributed by atoms with Crippen molar-refractivity contribution in [2.75, 3.05) is 13.1 Å². The molecular formula is C26H38N2O2. The first-order chi connectivity index (χ1) is 14.7. The monoisotopic (exact) mass is 410 g/mol. The summed E-state index contributed by atoms with van der Waals surface area (Å²) >= 11 is 0. The molecule has 0 aromatic rings. The molecule has 0 radical (unpaired) electrons. The fourth-order valence-corrected chi connectivity index (χ4v) is 5.34. The van der Waals surface area contributed by atoms with E-state index in [9.17, 15) is 9.59 Å². The molecule has 0 aromatic heterocycles. The van der Waals surface area contributed by atoms with E-state index in [4.69, 9.17) is 0 Å². The summed E-state index contributed by atoms with van der Waals surface area (Å²) in [5, 5.41) is 6.35. The number of rotatable bonds is 10. The zero-order valence-electron chi connectivity index (χ0n) is 18.3. The summed E-state index contributed by atoms with van der Waals surface area (Å²) in [5.41, 5.74) is 2.88. The van der Waals surface area contributed by atoms with Crippen LogP contribution in [0.3, 0.4) is 0 Å². The number of hydrogen-bond donors (Lipinski definition) is 2. The van der Waals surface area contributed by atoms with Crippen LogP contribution in [0.5, 0.6) is 0 Å². The van der Waals surface area contributed by atoms with Gasteiger partial charge in [-0.3, -0.25) is 9.59 Å². The molecule has 2 N–H and O–H groups in total. The lowest BCUT2D eigenvalue weighted by molar-refractivity contribution is -0.117. The van der Waals surface area contributed by atoms with Crippen molar-refractivity contribution in [2.45, 2.75) is 77.0 Å². The van der Waals surface area contributed by atoms with Crippen LogP contribution < -0.4 is 10.6 Å². The minimum absolute atomic E-state index is 0.132. The highest BCUT2D eigenvalue weighted by atomic mass is 16.2. The molecular weight excluding hydrogens is 372 g/mol. The van der Waals surface area contributed by atoms with Gasteiger partial charge >= 0.3 is 0 Å². The molecule has 5 aliphatic carbocycles. The van der Waals surface area contributed by atoms with Crippen LogP contribution in [0.1, 0.15) is 77.0 Å². The molecule has 0 saturated heterocycles. The van der Waals surface area contributed by atoms with E-state index in [0.717, 1.165) is 38.8 Å². The Bertz CT molecular complexity index is 625. The van der Waals surface area contributed by atoms with Gasteiger partial charge in [-0.2, -0.15) is 0 Å². The van der Waals surface area contributed by atoms with Gasteiger partial charge in [0.25, 0.3) is 0 Å². The van der Waals surface area contributed by atoms with Gasteiger partial charge in [0.15, 0.2) is 0 Å². The van der Waals surface area contributed by atoms with Crippen LogP contribution in [-0.2, 0) is 9.59 Å². The summed E-state index contributed by atoms with van der Waals surface area (Å²) in [4.78, 5) is 24.7. The maximum Gasteiger partial charge on any atom is 0.243 e. The first-order valence-corrected chi connectivity index (χ1v) is 12.6. The van der Waals surface area contributed by atoms with Crippen molar-refractivity contribution >= 4 is 11.8 Å². The van der Waals surface area contributed by atoms with Gasteiger partial charge in [0.05, 0.1) is 0 Å². The summed E-state index contributed by atoms with van der Waals surface area (Å²) in [6.45, 7) is 1.62. The zero-order chi connectivity index (χ0) is 20.5. The van der Waals surface area contributed by atoms with Crippen LogP contribution in [0.15, 0.2) is 23.3 Å². The van der Waals surface area contributed by atoms with E-state index < -0.39 is 0 Å². The maximum absolute atomic E-state index is 12.4. The highest BCUT2D eigenvalue weighted by Gasteiger charge is 2.37. The fourth-order valence-electron chi connectivity index (χ4n) is 5.34. The van der Waals surface area contributed by atoms with Crippen LogP contribution in [0.2, 0.25) is 0 Å². The van der Waals surface area contributed by atoms with Gasteiger partial charge < -0.3 is 10.6 Å². The van der Waals surface area contributed by atoms with E-state index in [1.165, 1.54) is 62.5 Å². The SMILES string of the molecule is O=C(C=C(C1CC1)C1CC1)NCC1CCC(CNC(=O)C=C(C2CC2)C2CC2)CC1. The minimum atomic E-state index is 0.132. The van der Waals surface area contributed by atoms with Gasteiger partial charge in [0.2, 0.25) is 11.8 Å². The van der Waals surface area contributed by atoms with Crippen LogP contribution in [0.4, 0.5) is 0 Å². The Morgan fingerprint density at radius 2 is 0.833 bits per heavy atom. The predicted octanol–water partition coefficient (Wildman–Crippen LogP) is 4.52. The van der Waals surface area contributed by atoms with Gasteiger partial charge in [0, 0.05) is 25.2 Å². The molecule has 5 saturated carbocycles. The number of hydrogen-bond acceptors (Lipinski definition) is 2. The normalized spacial score (nSPS) is 28.4. The molecule has 5 aliphatic rings. The number of nitrogens with one attached hydrogen (secondary N) is 2. The van der Waals surface area contributed by atoms with Gasteiger partial charge in [-0.25, -0.2) is 0 Å². The largest absolute Gasteiger partial charge is 0.352 e. The summed E-state index contributed by atoms with van der Waals surface area (Å²) in [5.74, 6) is 4.31. The molecule has 0 atom stereocenters. The van der Waals surface area contributed by atoms with Gasteiger partial charge in [-0.15, -0.1) is 0 Å². The van der Waals surface area contributed by atoms with E-state index in [1.807, 2.05) is 12.2 Å². The van der Waals surface area contributed by atoms with Crippen molar-refractivity contribution in [1.29, 1.82) is 0 Å². The van der Waals surface area contributed by atoms with Gasteiger partial charge in [0.1, 0.15) is 0 Å². The second-order valence-electron chi connectivity index (χ2n) is 10.8. The Balaban J connectivity index is 0.991. The van der Waals surface area contributed by atoms with E-state index in [2.05, 4.69) is 10.6 Å². The van der Waals surface area contributed by atoms with E-state index >= 15 is 0 Å². The zero-order valence-corrected chi connectivity index (χ0v) is 18.3. The predicted molar refractivity (Wildman–Crippen MR) is 119 cm³/mol. The van der Waals surface area contributed by atoms with Crippen LogP contribution >= 0.6 is 0 Å². The Kier molecular flexibility index (Phi) is 6.02. The summed E-state index contributed by atoms with van der Waals surface area (Å²) < 4.78 is 0. The quantitative estimate of drug-likeness (QED) is 0.520. The van der Waals surface area contributed by atoms with Crippen molar-refractivity contribution in [3.8, 4) is 0 Å². The molecule has 0 aromatic carbocycles. The first kappa shape index (κ1) is 20.3. The molecule has 164 valence electrons. The van der Waals surface area contributed by atoms with E-state index in [0.29, 0.717) is 35.5 Å². The lowest BCUT2D eigenvalue weighted by atomic mass is 9.82. The lowest BCUT2D eigenvalue weighted by Crippen LogP contribution is -2.34. The van der Waals surface area contributed by atoms with E-state index in [-0.39, 0.29) is 11.8 Å². The standard InChI is InChI=1S/C26H38N2O2/c29-25(13-23(19-5-6-19)20-7-8-20)27-15-17-1-2-18(4-3-17)16-28-26(30)14-24(21-9-10-21)22-11-12-22/h13-14,17-22H,1-12,15-16H2,(H,27,29)(H,28,30). The average molecular weight is 411 g/mol. The summed E-state index contributed by atoms with van der Waals surface area (Å²) in [7, 11) is 0. The number of carbonyl (C=O) groups excluding carboxylic acids is 2. The number of carbonyl (C=O) groups is 2. The molecule has 4 nitrogen and oxygen atoms in total. The topological polar surface area (TPSA) is 58.2 Å². The third-order valence-corrected chi connectivity index (χ3v) is 7.89. The van der Waals surface area contributed by atoms with Crippen molar-refractivity contribution in [3.05, 3.63) is 23.3 Å². The second-order valence-corrected chi connectivity index (χ2v) is 10.8. The Morgan fingerprint density at radius 1 is 0.533 bits per heavy atom. The average Bonchev–Trinajstić information content (AvgIpc) is 3.59. The molecule has 30 heavy (non-hydrogen) atoms. The Morgan fingerprint density at radius 3 is 1.10 bits per heavy atom. The summed E-state index contributed by atoms with van der Waals surface area (Å²) in [6, 6.07) is 0. The Hall–Kier alpha value is -1.58. The molecule has 0 unspecified atom stereocenters. The van der Waals surface area contributed by atoms with Crippen LogP contribution in [0.25, 0.3) is 0 Å². The second kappa shape index (κ2) is 8.88. The van der Waals surface area contributed by atoms with Crippen molar-refractivity contribution < 1.29 is 9.59 Å². The third-order valence-electron chi connectivity index (χ3n) is 7.89. The highest BCUT2D eigenvalue weighted by Crippen LogP contribution is 2.49. The summed E-state index contributed by atoms with van der Waals surface area (Å²) in [6.07, 6.45) is 18.8. The van der Waals surface area contributed by atoms with Crippen molar-refractivity contribution in [3.63, 3.8) is 0 Å². The molecule has 0 heterocycles. The lowest BCUT2D eigenvalue weighted by Gasteiger charge is -2.28. The van der Waals surface area contributed by atoms with Crippen LogP contribution in [-0.4, -0.2) is 24.9 Å². The molecule has 2 amide bonds. The Labute approximate surface area is 181 Å². The van der Waals surface area contributed by atoms with Gasteiger partial charge in [-0.05, 0) is 113 Å².